The van der Waals surface area contributed by atoms with Gasteiger partial charge in [0.05, 0.1) is 37.4 Å². The first-order valence-electron chi connectivity index (χ1n) is 15.2. The maximum Gasteiger partial charge on any atom is 0.341 e. The van der Waals surface area contributed by atoms with Gasteiger partial charge in [0, 0.05) is 25.7 Å². The van der Waals surface area contributed by atoms with Crippen LogP contribution in [0.4, 0.5) is 4.79 Å². The minimum Gasteiger partial charge on any atom is -0.394 e. The van der Waals surface area contributed by atoms with E-state index >= 15 is 0 Å². The highest BCUT2D eigenvalue weighted by Crippen LogP contribution is 2.32. The van der Waals surface area contributed by atoms with E-state index in [4.69, 9.17) is 47.6 Å². The number of amides is 2. The second-order valence-electron chi connectivity index (χ2n) is 11.8. The molecule has 3 rings (SSSR count). The molecule has 2 heterocycles. The van der Waals surface area contributed by atoms with E-state index in [0.29, 0.717) is 11.5 Å². The van der Waals surface area contributed by atoms with E-state index in [0.717, 1.165) is 0 Å². The second kappa shape index (κ2) is 17.8. The van der Waals surface area contributed by atoms with Gasteiger partial charge in [-0.15, -0.1) is 0 Å². The molecule has 0 aromatic heterocycles. The van der Waals surface area contributed by atoms with Gasteiger partial charge < -0.3 is 94.0 Å². The number of aliphatic hydroxyl groups is 7. The quantitative estimate of drug-likeness (QED) is 0.0601. The molecule has 0 radical (unpaired) electrons. The SMILES string of the molecule is NCCC(O)CNC[C@H]1O[C@H](OC2[C@@H](N)C[C@@H](NC(=O)N(O)CCN)[C@H](O[C@H]3O[C@H](CO)[C@@H](O)[C@H](N)[C@H]3O)[C@H]2O)[C@H](N)[C@@H](O)[C@@H]1O. The summed E-state index contributed by atoms with van der Waals surface area (Å²) in [6.07, 6.45) is -16.5. The van der Waals surface area contributed by atoms with Crippen molar-refractivity contribution in [2.75, 3.05) is 39.3 Å². The van der Waals surface area contributed by atoms with E-state index in [-0.39, 0.29) is 39.1 Å². The molecule has 0 bridgehead atoms. The van der Waals surface area contributed by atoms with Gasteiger partial charge in [-0.2, -0.15) is 0 Å². The Labute approximate surface area is 265 Å². The number of carbonyl (C=O) groups is 1. The molecule has 3 aliphatic rings. The number of hydrogen-bond acceptors (Lipinski definition) is 19. The van der Waals surface area contributed by atoms with Gasteiger partial charge in [0.15, 0.2) is 12.6 Å². The molecule has 2 saturated heterocycles. The smallest absolute Gasteiger partial charge is 0.341 e. The van der Waals surface area contributed by atoms with E-state index in [1.165, 1.54) is 0 Å². The maximum atomic E-state index is 12.6. The summed E-state index contributed by atoms with van der Waals surface area (Å²) in [5.74, 6) is 0. The predicted molar refractivity (Wildman–Crippen MR) is 155 cm³/mol. The van der Waals surface area contributed by atoms with Crippen molar-refractivity contribution in [1.82, 2.24) is 15.7 Å². The molecule has 21 heteroatoms. The number of aliphatic hydroxyl groups excluding tert-OH is 7. The molecule has 2 aliphatic heterocycles. The molecular formula is C25H52N8O13. The third kappa shape index (κ3) is 9.37. The van der Waals surface area contributed by atoms with Crippen molar-refractivity contribution in [3.63, 3.8) is 0 Å². The third-order valence-corrected chi connectivity index (χ3v) is 8.40. The number of ether oxygens (including phenoxy) is 4. The highest BCUT2D eigenvalue weighted by Gasteiger charge is 2.52. The van der Waals surface area contributed by atoms with Crippen LogP contribution in [0.3, 0.4) is 0 Å². The summed E-state index contributed by atoms with van der Waals surface area (Å²) in [7, 11) is 0. The molecule has 16 atom stereocenters. The van der Waals surface area contributed by atoms with Gasteiger partial charge in [-0.05, 0) is 19.4 Å². The van der Waals surface area contributed by atoms with Crippen LogP contribution in [-0.2, 0) is 18.9 Å². The lowest BCUT2D eigenvalue weighted by atomic mass is 9.83. The molecule has 2 amide bonds. The number of nitrogens with zero attached hydrogens (tertiary/aromatic N) is 1. The first kappa shape index (κ1) is 39.0. The number of hydrogen-bond donors (Lipinski definition) is 15. The fourth-order valence-electron chi connectivity index (χ4n) is 5.66. The average molecular weight is 673 g/mol. The van der Waals surface area contributed by atoms with Crippen molar-refractivity contribution in [2.45, 2.75) is 111 Å². The van der Waals surface area contributed by atoms with Crippen molar-refractivity contribution in [2.24, 2.45) is 28.7 Å². The molecule has 0 aromatic carbocycles. The van der Waals surface area contributed by atoms with Crippen molar-refractivity contribution in [3.05, 3.63) is 0 Å². The molecule has 270 valence electrons. The van der Waals surface area contributed by atoms with Crippen molar-refractivity contribution in [3.8, 4) is 0 Å². The summed E-state index contributed by atoms with van der Waals surface area (Å²) >= 11 is 0. The Hall–Kier alpha value is -1.45. The van der Waals surface area contributed by atoms with Crippen LogP contribution >= 0.6 is 0 Å². The lowest BCUT2D eigenvalue weighted by Crippen LogP contribution is -2.70. The Bertz CT molecular complexity index is 933. The standard InChI is InChI=1S/C25H52N8O13/c26-2-1-9(35)6-31-7-12-17(37)18(38)15(30)23(43-12)45-21-10(28)5-11(32-25(41)33(42)4-3-27)22(20(21)40)46-24-19(39)14(29)16(36)13(8-34)44-24/h9-24,31,34-40,42H,1-8,26-30H2,(H,32,41)/t9?,10-,11+,12+,13+,14-,15+,16+,17+,18+,19+,20-,21?,22-,23+,24+/m0/s1. The van der Waals surface area contributed by atoms with Gasteiger partial charge in [0.1, 0.15) is 54.9 Å². The molecular weight excluding hydrogens is 620 g/mol. The minimum atomic E-state index is -1.72. The fraction of sp³-hybridized carbons (Fsp3) is 0.960. The molecule has 0 spiro atoms. The Morgan fingerprint density at radius 3 is 2.15 bits per heavy atom. The van der Waals surface area contributed by atoms with Crippen LogP contribution in [0.1, 0.15) is 12.8 Å². The molecule has 3 fully saturated rings. The molecule has 21 nitrogen and oxygen atoms in total. The largest absolute Gasteiger partial charge is 0.394 e. The van der Waals surface area contributed by atoms with Crippen LogP contribution < -0.4 is 39.3 Å². The van der Waals surface area contributed by atoms with Gasteiger partial charge >= 0.3 is 6.03 Å². The summed E-state index contributed by atoms with van der Waals surface area (Å²) in [6.45, 7) is -0.614. The zero-order valence-corrected chi connectivity index (χ0v) is 25.3. The lowest BCUT2D eigenvalue weighted by molar-refractivity contribution is -0.319. The molecule has 0 aromatic rings. The number of nitrogens with two attached hydrogens (primary N) is 5. The fourth-order valence-corrected chi connectivity index (χ4v) is 5.66. The van der Waals surface area contributed by atoms with E-state index in [2.05, 4.69) is 10.6 Å². The van der Waals surface area contributed by atoms with Gasteiger partial charge in [-0.3, -0.25) is 5.21 Å². The number of nitrogens with one attached hydrogen (secondary N) is 2. The number of hydroxylamine groups is 2. The first-order chi connectivity index (χ1) is 21.7. The van der Waals surface area contributed by atoms with Crippen LogP contribution in [0.2, 0.25) is 0 Å². The monoisotopic (exact) mass is 672 g/mol. The zero-order valence-electron chi connectivity index (χ0n) is 25.3. The Morgan fingerprint density at radius 1 is 0.870 bits per heavy atom. The zero-order chi connectivity index (χ0) is 34.3. The Morgan fingerprint density at radius 2 is 1.52 bits per heavy atom. The third-order valence-electron chi connectivity index (χ3n) is 8.40. The molecule has 46 heavy (non-hydrogen) atoms. The molecule has 1 aliphatic carbocycles. The van der Waals surface area contributed by atoms with Crippen LogP contribution in [0, 0.1) is 0 Å². The van der Waals surface area contributed by atoms with Crippen LogP contribution in [0.25, 0.3) is 0 Å². The Kier molecular flexibility index (Phi) is 15.1. The minimum absolute atomic E-state index is 0.0267. The normalized spacial score (nSPS) is 42.4. The molecule has 20 N–H and O–H groups in total. The summed E-state index contributed by atoms with van der Waals surface area (Å²) in [6, 6.07) is -5.81. The van der Waals surface area contributed by atoms with Gasteiger partial charge in [0.25, 0.3) is 0 Å². The summed E-state index contributed by atoms with van der Waals surface area (Å²) in [5, 5.41) is 88.9. The second-order valence-corrected chi connectivity index (χ2v) is 11.8. The van der Waals surface area contributed by atoms with Crippen molar-refractivity contribution < 1.29 is 64.7 Å². The summed E-state index contributed by atoms with van der Waals surface area (Å²) < 4.78 is 23.2. The summed E-state index contributed by atoms with van der Waals surface area (Å²) in [5.41, 5.74) is 29.2. The maximum absolute atomic E-state index is 12.6. The van der Waals surface area contributed by atoms with E-state index in [9.17, 15) is 45.7 Å². The van der Waals surface area contributed by atoms with Crippen LogP contribution in [0.15, 0.2) is 0 Å². The van der Waals surface area contributed by atoms with Gasteiger partial charge in [-0.1, -0.05) is 0 Å². The van der Waals surface area contributed by atoms with Crippen molar-refractivity contribution in [1.29, 1.82) is 0 Å². The Balaban J connectivity index is 1.80. The van der Waals surface area contributed by atoms with Gasteiger partial charge in [-0.25, -0.2) is 9.86 Å². The average Bonchev–Trinajstić information content (AvgIpc) is 3.01. The van der Waals surface area contributed by atoms with Crippen molar-refractivity contribution >= 4 is 6.03 Å². The van der Waals surface area contributed by atoms with E-state index in [1.807, 2.05) is 0 Å². The highest BCUT2D eigenvalue weighted by atomic mass is 16.7. The molecule has 2 unspecified atom stereocenters. The van der Waals surface area contributed by atoms with Crippen LogP contribution in [0.5, 0.6) is 0 Å². The van der Waals surface area contributed by atoms with E-state index in [1.54, 1.807) is 0 Å². The van der Waals surface area contributed by atoms with E-state index < -0.39 is 110 Å². The highest BCUT2D eigenvalue weighted by molar-refractivity contribution is 5.73. The first-order valence-corrected chi connectivity index (χ1v) is 15.2. The summed E-state index contributed by atoms with van der Waals surface area (Å²) in [4.78, 5) is 12.6. The molecule has 1 saturated carbocycles. The number of rotatable bonds is 14. The number of carbonyl (C=O) groups excluding carboxylic acids is 1. The lowest BCUT2D eigenvalue weighted by Gasteiger charge is -2.49. The number of urea groups is 1. The predicted octanol–water partition coefficient (Wildman–Crippen LogP) is -8.58. The van der Waals surface area contributed by atoms with Gasteiger partial charge in [0.2, 0.25) is 0 Å². The van der Waals surface area contributed by atoms with Crippen LogP contribution in [-0.4, -0.2) is 189 Å². The topological polar surface area (TPSA) is 373 Å².